The zero-order valence-electron chi connectivity index (χ0n) is 24.8. The van der Waals surface area contributed by atoms with E-state index in [-0.39, 0.29) is 25.4 Å². The molecule has 0 saturated carbocycles. The minimum absolute atomic E-state index is 0.122. The van der Waals surface area contributed by atoms with Crippen LogP contribution in [0.15, 0.2) is 36.4 Å². The molecular formula is C31H44N2O8. The Balaban J connectivity index is 0.000000358. The van der Waals surface area contributed by atoms with Crippen molar-refractivity contribution in [1.82, 2.24) is 9.80 Å². The summed E-state index contributed by atoms with van der Waals surface area (Å²) in [5, 5.41) is 10.1. The van der Waals surface area contributed by atoms with E-state index in [9.17, 15) is 14.7 Å². The lowest BCUT2D eigenvalue weighted by Crippen LogP contribution is -2.38. The first-order chi connectivity index (χ1) is 19.9. The normalized spacial score (nSPS) is 19.2. The monoisotopic (exact) mass is 572 g/mol. The van der Waals surface area contributed by atoms with E-state index in [1.54, 1.807) is 14.2 Å². The first kappa shape index (κ1) is 31.9. The number of carboxylic acids is 1. The Hall–Kier alpha value is -3.66. The van der Waals surface area contributed by atoms with E-state index in [2.05, 4.69) is 13.8 Å². The molecule has 1 N–H and O–H groups in total. The van der Waals surface area contributed by atoms with Crippen molar-refractivity contribution >= 4 is 12.4 Å². The fourth-order valence-electron chi connectivity index (χ4n) is 5.20. The van der Waals surface area contributed by atoms with Crippen LogP contribution in [0.4, 0.5) is 0 Å². The second kappa shape index (κ2) is 16.0. The van der Waals surface area contributed by atoms with Gasteiger partial charge < -0.3 is 33.7 Å². The standard InChI is InChI=1S/C22H25NO7.C9H19NO/c1-23-10-14(13-8-18(27-3)21-19(9-13)29-12-30-21)20(22(24)25)15(23)11-28-17-7-5-4-6-16(17)26-2;1-3-5-7-10(9-11)8-6-4-2/h4-9,14-15,20H,10-12H2,1-3H3,(H,24,25);9H,3-8H2,1-2H3. The number of para-hydroxylation sites is 2. The topological polar surface area (TPSA) is 107 Å². The third-order valence-corrected chi connectivity index (χ3v) is 7.52. The fourth-order valence-corrected chi connectivity index (χ4v) is 5.20. The van der Waals surface area contributed by atoms with E-state index < -0.39 is 11.9 Å². The number of carbonyl (C=O) groups is 2. The molecule has 0 radical (unpaired) electrons. The molecule has 3 unspecified atom stereocenters. The van der Waals surface area contributed by atoms with Crippen molar-refractivity contribution in [3.63, 3.8) is 0 Å². The van der Waals surface area contributed by atoms with Crippen molar-refractivity contribution in [2.45, 2.75) is 51.5 Å². The van der Waals surface area contributed by atoms with Gasteiger partial charge in [0.1, 0.15) is 6.61 Å². The van der Waals surface area contributed by atoms with Gasteiger partial charge in [-0.1, -0.05) is 38.8 Å². The number of fused-ring (bicyclic) bond motifs is 1. The number of hydrogen-bond donors (Lipinski definition) is 1. The van der Waals surface area contributed by atoms with E-state index in [0.717, 1.165) is 50.7 Å². The summed E-state index contributed by atoms with van der Waals surface area (Å²) in [6.07, 6.45) is 5.54. The third kappa shape index (κ3) is 8.19. The Bertz CT molecular complexity index is 1120. The first-order valence-corrected chi connectivity index (χ1v) is 14.2. The number of methoxy groups -OCH3 is 2. The average molecular weight is 573 g/mol. The van der Waals surface area contributed by atoms with Crippen LogP contribution in [-0.4, -0.2) is 87.6 Å². The van der Waals surface area contributed by atoms with Crippen molar-refractivity contribution < 1.29 is 38.4 Å². The zero-order valence-corrected chi connectivity index (χ0v) is 24.8. The first-order valence-electron chi connectivity index (χ1n) is 14.2. The van der Waals surface area contributed by atoms with E-state index in [1.807, 2.05) is 53.2 Å². The molecule has 1 saturated heterocycles. The molecular weight excluding hydrogens is 528 g/mol. The number of benzene rings is 2. The van der Waals surface area contributed by atoms with E-state index >= 15 is 0 Å². The molecule has 1 fully saturated rings. The molecule has 41 heavy (non-hydrogen) atoms. The van der Waals surface area contributed by atoms with Gasteiger partial charge in [-0.15, -0.1) is 0 Å². The zero-order chi connectivity index (χ0) is 29.8. The summed E-state index contributed by atoms with van der Waals surface area (Å²) in [7, 11) is 5.05. The number of rotatable bonds is 14. The van der Waals surface area contributed by atoms with Crippen LogP contribution in [0, 0.1) is 5.92 Å². The molecule has 10 nitrogen and oxygen atoms in total. The molecule has 2 aliphatic heterocycles. The van der Waals surface area contributed by atoms with Crippen LogP contribution < -0.4 is 23.7 Å². The molecule has 226 valence electrons. The molecule has 0 bridgehead atoms. The highest BCUT2D eigenvalue weighted by molar-refractivity contribution is 5.73. The Morgan fingerprint density at radius 1 is 1.05 bits per heavy atom. The predicted molar refractivity (Wildman–Crippen MR) is 155 cm³/mol. The molecule has 0 aliphatic carbocycles. The smallest absolute Gasteiger partial charge is 0.308 e. The van der Waals surface area contributed by atoms with E-state index in [4.69, 9.17) is 23.7 Å². The number of carbonyl (C=O) groups excluding carboxylic acids is 1. The highest BCUT2D eigenvalue weighted by Crippen LogP contribution is 2.46. The van der Waals surface area contributed by atoms with Crippen LogP contribution >= 0.6 is 0 Å². The highest BCUT2D eigenvalue weighted by atomic mass is 16.7. The maximum atomic E-state index is 12.3. The lowest BCUT2D eigenvalue weighted by atomic mass is 9.85. The third-order valence-electron chi connectivity index (χ3n) is 7.52. The van der Waals surface area contributed by atoms with Crippen LogP contribution in [-0.2, 0) is 9.59 Å². The summed E-state index contributed by atoms with van der Waals surface area (Å²) in [4.78, 5) is 26.6. The molecule has 0 spiro atoms. The van der Waals surface area contributed by atoms with Gasteiger partial charge in [0.05, 0.1) is 26.2 Å². The molecule has 0 aromatic heterocycles. The Morgan fingerprint density at radius 2 is 1.71 bits per heavy atom. The highest BCUT2D eigenvalue weighted by Gasteiger charge is 2.46. The van der Waals surface area contributed by atoms with Crippen molar-refractivity contribution in [3.8, 4) is 28.7 Å². The molecule has 2 aliphatic rings. The number of likely N-dealkylation sites (tertiary alicyclic amines) is 1. The van der Waals surface area contributed by atoms with Crippen molar-refractivity contribution in [2.24, 2.45) is 5.92 Å². The van der Waals surface area contributed by atoms with Crippen molar-refractivity contribution in [3.05, 3.63) is 42.0 Å². The number of unbranched alkanes of at least 4 members (excludes halogenated alkanes) is 2. The lowest BCUT2D eigenvalue weighted by molar-refractivity contribution is -0.143. The average Bonchev–Trinajstić information content (AvgIpc) is 3.60. The molecule has 3 atom stereocenters. The molecule has 2 aromatic rings. The Kier molecular flexibility index (Phi) is 12.4. The largest absolute Gasteiger partial charge is 0.493 e. The molecule has 4 rings (SSSR count). The number of hydrogen-bond acceptors (Lipinski definition) is 8. The summed E-state index contributed by atoms with van der Waals surface area (Å²) >= 11 is 0. The summed E-state index contributed by atoms with van der Waals surface area (Å²) < 4.78 is 27.7. The number of aliphatic carboxylic acids is 1. The molecule has 10 heteroatoms. The maximum Gasteiger partial charge on any atom is 0.308 e. The van der Waals surface area contributed by atoms with E-state index in [1.165, 1.54) is 0 Å². The molecule has 2 heterocycles. The number of ether oxygens (including phenoxy) is 5. The Morgan fingerprint density at radius 3 is 2.29 bits per heavy atom. The maximum absolute atomic E-state index is 12.3. The van der Waals surface area contributed by atoms with Gasteiger partial charge in [0.2, 0.25) is 19.0 Å². The summed E-state index contributed by atoms with van der Waals surface area (Å²) in [6, 6.07) is 10.7. The molecule has 1 amide bonds. The number of nitrogens with zero attached hydrogens (tertiary/aromatic N) is 2. The van der Waals surface area contributed by atoms with Gasteiger partial charge in [-0.25, -0.2) is 0 Å². The summed E-state index contributed by atoms with van der Waals surface area (Å²) in [6.45, 7) is 7.06. The van der Waals surface area contributed by atoms with Gasteiger partial charge in [0.25, 0.3) is 0 Å². The fraction of sp³-hybridized carbons (Fsp3) is 0.548. The lowest BCUT2D eigenvalue weighted by Gasteiger charge is -2.24. The van der Waals surface area contributed by atoms with E-state index in [0.29, 0.717) is 35.3 Å². The summed E-state index contributed by atoms with van der Waals surface area (Å²) in [5.74, 6) is 1.10. The predicted octanol–water partition coefficient (Wildman–Crippen LogP) is 4.65. The second-order valence-electron chi connectivity index (χ2n) is 10.2. The van der Waals surface area contributed by atoms with Crippen LogP contribution in [0.3, 0.4) is 0 Å². The quantitative estimate of drug-likeness (QED) is 0.324. The summed E-state index contributed by atoms with van der Waals surface area (Å²) in [5.41, 5.74) is 0.843. The van der Waals surface area contributed by atoms with Gasteiger partial charge in [-0.3, -0.25) is 14.5 Å². The van der Waals surface area contributed by atoms with Gasteiger partial charge in [0, 0.05) is 25.6 Å². The van der Waals surface area contributed by atoms with Crippen molar-refractivity contribution in [2.75, 3.05) is 54.3 Å². The van der Waals surface area contributed by atoms with Gasteiger partial charge in [-0.2, -0.15) is 0 Å². The Labute approximate surface area is 243 Å². The van der Waals surface area contributed by atoms with Crippen LogP contribution in [0.5, 0.6) is 28.7 Å². The second-order valence-corrected chi connectivity index (χ2v) is 10.2. The van der Waals surface area contributed by atoms with Gasteiger partial charge >= 0.3 is 5.97 Å². The van der Waals surface area contributed by atoms with Crippen LogP contribution in [0.25, 0.3) is 0 Å². The minimum Gasteiger partial charge on any atom is -0.493 e. The SMILES string of the molecule is CCCCN(C=O)CCCC.COc1ccccc1OCC1C(C(=O)O)C(c2cc(OC)c3c(c2)OCO3)CN1C. The molecule has 2 aromatic carbocycles. The number of likely N-dealkylation sites (N-methyl/N-ethyl adjacent to an activating group) is 1. The number of amides is 1. The van der Waals surface area contributed by atoms with Gasteiger partial charge in [0.15, 0.2) is 23.0 Å². The van der Waals surface area contributed by atoms with Crippen LogP contribution in [0.2, 0.25) is 0 Å². The number of carboxylic acid groups (broad SMARTS) is 1. The van der Waals surface area contributed by atoms with Crippen molar-refractivity contribution in [1.29, 1.82) is 0 Å². The van der Waals surface area contributed by atoms with Crippen LogP contribution in [0.1, 0.15) is 51.0 Å². The van der Waals surface area contributed by atoms with Gasteiger partial charge in [-0.05, 0) is 49.7 Å². The minimum atomic E-state index is -0.866.